The minimum absolute atomic E-state index is 0.0624. The molecule has 13 heteroatoms. The number of hydrogen-bond acceptors (Lipinski definition) is 7. The van der Waals surface area contributed by atoms with Gasteiger partial charge in [-0.15, -0.1) is 0 Å². The van der Waals surface area contributed by atoms with Crippen molar-refractivity contribution in [3.05, 3.63) is 36.0 Å². The number of aromatic amines is 1. The van der Waals surface area contributed by atoms with E-state index in [1.54, 1.807) is 6.20 Å². The van der Waals surface area contributed by atoms with Crippen LogP contribution in [0.2, 0.25) is 0 Å². The van der Waals surface area contributed by atoms with Crippen molar-refractivity contribution in [3.8, 4) is 0 Å². The minimum atomic E-state index is -1.66. The van der Waals surface area contributed by atoms with E-state index in [0.717, 1.165) is 16.5 Å². The molecule has 0 spiro atoms. The molecule has 2 rings (SSSR count). The Hall–Kier alpha value is -3.58. The quantitative estimate of drug-likeness (QED) is 0.154. The minimum Gasteiger partial charge on any atom is -0.481 e. The summed E-state index contributed by atoms with van der Waals surface area (Å²) in [6.07, 6.45) is 3.50. The number of carbonyl (C=O) groups is 5. The molecular formula is C26H37N5O7S. The molecule has 0 aliphatic carbocycles. The summed E-state index contributed by atoms with van der Waals surface area (Å²) in [5.41, 5.74) is 7.96. The summed E-state index contributed by atoms with van der Waals surface area (Å²) in [5, 5.41) is 26.7. The highest BCUT2D eigenvalue weighted by atomic mass is 32.2. The van der Waals surface area contributed by atoms with Gasteiger partial charge in [0.15, 0.2) is 0 Å². The lowest BCUT2D eigenvalue weighted by atomic mass is 10.0. The predicted molar refractivity (Wildman–Crippen MR) is 148 cm³/mol. The third-order valence-corrected chi connectivity index (χ3v) is 6.67. The van der Waals surface area contributed by atoms with Crippen molar-refractivity contribution in [2.45, 2.75) is 63.7 Å². The molecular weight excluding hydrogens is 526 g/mol. The topological polar surface area (TPSA) is 204 Å². The van der Waals surface area contributed by atoms with Crippen LogP contribution in [0.15, 0.2) is 30.5 Å². The number of nitrogens with one attached hydrogen (secondary N) is 4. The number of amides is 3. The number of aliphatic carboxylic acids is 2. The Bertz CT molecular complexity index is 1170. The third kappa shape index (κ3) is 9.91. The number of H-pyrrole nitrogens is 1. The first kappa shape index (κ1) is 31.6. The molecule has 3 amide bonds. The number of thioether (sulfide) groups is 1. The predicted octanol–water partition coefficient (Wildman–Crippen LogP) is 0.851. The third-order valence-electron chi connectivity index (χ3n) is 6.03. The van der Waals surface area contributed by atoms with Gasteiger partial charge in [0.25, 0.3) is 0 Å². The summed E-state index contributed by atoms with van der Waals surface area (Å²) in [5.74, 6) is -4.40. The standard InChI is InChI=1S/C26H37N5O7S/c1-14(2)10-20(25(36)31-21(26(37)38)12-22(32)33)30-24(35)19(8-9-39-3)29-23(34)17(27)11-15-13-28-18-7-5-4-6-16(15)18/h4-7,13-14,17,19-21,28H,8-12,27H2,1-3H3,(H,29,34)(H,30,35)(H,31,36)(H,32,33)(H,37,38). The number of carboxylic acid groups (broad SMARTS) is 2. The lowest BCUT2D eigenvalue weighted by Gasteiger charge is -2.26. The van der Waals surface area contributed by atoms with Crippen LogP contribution < -0.4 is 21.7 Å². The molecule has 0 bridgehead atoms. The SMILES string of the molecule is CSCCC(NC(=O)C(N)Cc1c[nH]c2ccccc12)C(=O)NC(CC(C)C)C(=O)NC(CC(=O)O)C(=O)O. The van der Waals surface area contributed by atoms with Crippen molar-refractivity contribution in [1.29, 1.82) is 0 Å². The first-order chi connectivity index (χ1) is 18.4. The van der Waals surface area contributed by atoms with Crippen molar-refractivity contribution < 1.29 is 34.2 Å². The van der Waals surface area contributed by atoms with Crippen molar-refractivity contribution in [3.63, 3.8) is 0 Å². The fourth-order valence-electron chi connectivity index (χ4n) is 4.04. The molecule has 1 heterocycles. The molecule has 2 aromatic rings. The zero-order valence-corrected chi connectivity index (χ0v) is 23.0. The molecule has 0 radical (unpaired) electrons. The van der Waals surface area contributed by atoms with E-state index in [1.807, 2.05) is 44.4 Å². The molecule has 214 valence electrons. The molecule has 8 N–H and O–H groups in total. The van der Waals surface area contributed by atoms with E-state index in [4.69, 9.17) is 10.8 Å². The maximum Gasteiger partial charge on any atom is 0.326 e. The zero-order chi connectivity index (χ0) is 29.1. The molecule has 4 atom stereocenters. The highest BCUT2D eigenvalue weighted by Gasteiger charge is 2.31. The number of carbonyl (C=O) groups excluding carboxylic acids is 3. The monoisotopic (exact) mass is 563 g/mol. The van der Waals surface area contributed by atoms with Crippen LogP contribution in [-0.2, 0) is 30.4 Å². The summed E-state index contributed by atoms with van der Waals surface area (Å²) >= 11 is 1.47. The maximum absolute atomic E-state index is 13.2. The normalized spacial score (nSPS) is 14.3. The van der Waals surface area contributed by atoms with Crippen LogP contribution in [0.1, 0.15) is 38.7 Å². The Morgan fingerprint density at radius 2 is 1.56 bits per heavy atom. The van der Waals surface area contributed by atoms with E-state index in [2.05, 4.69) is 20.9 Å². The molecule has 0 fully saturated rings. The number of carboxylic acids is 2. The smallest absolute Gasteiger partial charge is 0.326 e. The highest BCUT2D eigenvalue weighted by Crippen LogP contribution is 2.19. The van der Waals surface area contributed by atoms with Gasteiger partial charge < -0.3 is 36.9 Å². The molecule has 12 nitrogen and oxygen atoms in total. The largest absolute Gasteiger partial charge is 0.481 e. The molecule has 0 saturated heterocycles. The van der Waals surface area contributed by atoms with Gasteiger partial charge in [0, 0.05) is 17.1 Å². The number of nitrogens with two attached hydrogens (primary N) is 1. The maximum atomic E-state index is 13.2. The Morgan fingerprint density at radius 3 is 2.18 bits per heavy atom. The van der Waals surface area contributed by atoms with Crippen molar-refractivity contribution in [2.24, 2.45) is 11.7 Å². The van der Waals surface area contributed by atoms with Gasteiger partial charge in [0.05, 0.1) is 12.5 Å². The van der Waals surface area contributed by atoms with E-state index in [1.165, 1.54) is 11.8 Å². The van der Waals surface area contributed by atoms with Gasteiger partial charge in [-0.1, -0.05) is 32.0 Å². The van der Waals surface area contributed by atoms with Crippen molar-refractivity contribution in [2.75, 3.05) is 12.0 Å². The highest BCUT2D eigenvalue weighted by molar-refractivity contribution is 7.98. The van der Waals surface area contributed by atoms with Crippen LogP contribution in [0.5, 0.6) is 0 Å². The second kappa shape index (κ2) is 15.1. The number of rotatable bonds is 16. The zero-order valence-electron chi connectivity index (χ0n) is 22.2. The average molecular weight is 564 g/mol. The van der Waals surface area contributed by atoms with Crippen LogP contribution in [0, 0.1) is 5.92 Å². The number of benzene rings is 1. The van der Waals surface area contributed by atoms with Crippen LogP contribution in [-0.4, -0.2) is 81.0 Å². The fraction of sp³-hybridized carbons (Fsp3) is 0.500. The number of fused-ring (bicyclic) bond motifs is 1. The van der Waals surface area contributed by atoms with E-state index in [0.29, 0.717) is 5.75 Å². The first-order valence-corrected chi connectivity index (χ1v) is 14.0. The van der Waals surface area contributed by atoms with Crippen molar-refractivity contribution >= 4 is 52.3 Å². The van der Waals surface area contributed by atoms with E-state index < -0.39 is 60.2 Å². The van der Waals surface area contributed by atoms with Gasteiger partial charge in [-0.25, -0.2) is 4.79 Å². The van der Waals surface area contributed by atoms with Gasteiger partial charge in [-0.2, -0.15) is 11.8 Å². The molecule has 1 aromatic carbocycles. The van der Waals surface area contributed by atoms with Crippen LogP contribution in [0.3, 0.4) is 0 Å². The molecule has 0 saturated carbocycles. The van der Waals surface area contributed by atoms with E-state index >= 15 is 0 Å². The van der Waals surface area contributed by atoms with Crippen LogP contribution in [0.4, 0.5) is 0 Å². The number of hydrogen-bond donors (Lipinski definition) is 7. The second-order valence-corrected chi connectivity index (χ2v) is 10.7. The Labute approximate surface area is 230 Å². The Morgan fingerprint density at radius 1 is 0.949 bits per heavy atom. The van der Waals surface area contributed by atoms with Gasteiger partial charge >= 0.3 is 11.9 Å². The Balaban J connectivity index is 2.12. The van der Waals surface area contributed by atoms with Crippen LogP contribution in [0.25, 0.3) is 10.9 Å². The summed E-state index contributed by atoms with van der Waals surface area (Å²) in [7, 11) is 0. The van der Waals surface area contributed by atoms with Crippen LogP contribution >= 0.6 is 11.8 Å². The summed E-state index contributed by atoms with van der Waals surface area (Å²) in [6, 6.07) is 2.90. The second-order valence-electron chi connectivity index (χ2n) is 9.70. The number of para-hydroxylation sites is 1. The molecule has 39 heavy (non-hydrogen) atoms. The molecule has 0 aliphatic rings. The van der Waals surface area contributed by atoms with E-state index in [-0.39, 0.29) is 25.2 Å². The lowest BCUT2D eigenvalue weighted by molar-refractivity contribution is -0.147. The van der Waals surface area contributed by atoms with E-state index in [9.17, 15) is 29.1 Å². The molecule has 4 unspecified atom stereocenters. The van der Waals surface area contributed by atoms with Gasteiger partial charge in [-0.05, 0) is 48.8 Å². The van der Waals surface area contributed by atoms with Gasteiger partial charge in [-0.3, -0.25) is 19.2 Å². The Kier molecular flexibility index (Phi) is 12.3. The summed E-state index contributed by atoms with van der Waals surface area (Å²) < 4.78 is 0. The fourth-order valence-corrected chi connectivity index (χ4v) is 4.51. The first-order valence-electron chi connectivity index (χ1n) is 12.6. The summed E-state index contributed by atoms with van der Waals surface area (Å²) in [6.45, 7) is 3.63. The van der Waals surface area contributed by atoms with Gasteiger partial charge in [0.2, 0.25) is 17.7 Å². The summed E-state index contributed by atoms with van der Waals surface area (Å²) in [4.78, 5) is 64.6. The number of aromatic nitrogens is 1. The average Bonchev–Trinajstić information content (AvgIpc) is 3.27. The lowest BCUT2D eigenvalue weighted by Crippen LogP contribution is -2.57. The molecule has 0 aliphatic heterocycles. The van der Waals surface area contributed by atoms with Crippen molar-refractivity contribution in [1.82, 2.24) is 20.9 Å². The molecule has 1 aromatic heterocycles. The van der Waals surface area contributed by atoms with Gasteiger partial charge in [0.1, 0.15) is 18.1 Å².